The van der Waals surface area contributed by atoms with E-state index in [0.717, 1.165) is 23.4 Å². The molecular formula is C8H14Cl2N2. The predicted octanol–water partition coefficient (Wildman–Crippen LogP) is 2.26. The topological polar surface area (TPSA) is 52.0 Å². The number of aryl methyl sites for hydroxylation is 1. The van der Waals surface area contributed by atoms with E-state index in [2.05, 4.69) is 6.92 Å². The lowest BCUT2D eigenvalue weighted by atomic mass is 10.1. The molecule has 0 heterocycles. The Balaban J connectivity index is 0. The number of rotatable bonds is 1. The van der Waals surface area contributed by atoms with Gasteiger partial charge in [-0.2, -0.15) is 0 Å². The first kappa shape index (κ1) is 14.0. The zero-order chi connectivity index (χ0) is 7.56. The van der Waals surface area contributed by atoms with Gasteiger partial charge in [0.05, 0.1) is 0 Å². The monoisotopic (exact) mass is 208 g/mol. The van der Waals surface area contributed by atoms with Gasteiger partial charge in [0, 0.05) is 11.4 Å². The van der Waals surface area contributed by atoms with Crippen molar-refractivity contribution in [3.63, 3.8) is 0 Å². The molecule has 70 valence electrons. The van der Waals surface area contributed by atoms with E-state index in [-0.39, 0.29) is 24.8 Å². The molecule has 0 fully saturated rings. The van der Waals surface area contributed by atoms with Gasteiger partial charge in [-0.1, -0.05) is 6.92 Å². The minimum absolute atomic E-state index is 0. The summed E-state index contributed by atoms with van der Waals surface area (Å²) in [6.07, 6.45) is 0.941. The molecule has 0 aliphatic carbocycles. The third-order valence-electron chi connectivity index (χ3n) is 1.55. The van der Waals surface area contributed by atoms with E-state index in [1.54, 1.807) is 0 Å². The van der Waals surface area contributed by atoms with Crippen LogP contribution in [0.4, 0.5) is 11.4 Å². The van der Waals surface area contributed by atoms with Crippen LogP contribution in [0.1, 0.15) is 12.5 Å². The van der Waals surface area contributed by atoms with Crippen molar-refractivity contribution < 1.29 is 0 Å². The fraction of sp³-hybridized carbons (Fsp3) is 0.250. The van der Waals surface area contributed by atoms with E-state index < -0.39 is 0 Å². The maximum absolute atomic E-state index is 5.64. The Labute approximate surface area is 85.1 Å². The van der Waals surface area contributed by atoms with E-state index in [9.17, 15) is 0 Å². The lowest BCUT2D eigenvalue weighted by Crippen LogP contribution is -1.94. The van der Waals surface area contributed by atoms with Crippen LogP contribution in [-0.4, -0.2) is 0 Å². The summed E-state index contributed by atoms with van der Waals surface area (Å²) >= 11 is 0. The molecule has 1 aromatic carbocycles. The molecule has 1 aromatic rings. The minimum Gasteiger partial charge on any atom is -0.399 e. The highest BCUT2D eigenvalue weighted by Crippen LogP contribution is 2.15. The van der Waals surface area contributed by atoms with Gasteiger partial charge >= 0.3 is 0 Å². The summed E-state index contributed by atoms with van der Waals surface area (Å²) in [7, 11) is 0. The standard InChI is InChI=1S/C8H12N2.2ClH/c1-2-6-5-7(9)3-4-8(6)10;;/h3-5H,2,9-10H2,1H3;2*1H. The average Bonchev–Trinajstić information content (AvgIpc) is 1.94. The Morgan fingerprint density at radius 2 is 1.75 bits per heavy atom. The second-order valence-corrected chi connectivity index (χ2v) is 2.31. The van der Waals surface area contributed by atoms with Gasteiger partial charge in [-0.05, 0) is 30.2 Å². The first-order valence-electron chi connectivity index (χ1n) is 3.38. The smallest absolute Gasteiger partial charge is 0.0347 e. The summed E-state index contributed by atoms with van der Waals surface area (Å²) in [5, 5.41) is 0. The van der Waals surface area contributed by atoms with Crippen LogP contribution >= 0.6 is 24.8 Å². The third kappa shape index (κ3) is 3.20. The van der Waals surface area contributed by atoms with Gasteiger partial charge in [0.15, 0.2) is 0 Å². The Bertz CT molecular complexity index is 238. The van der Waals surface area contributed by atoms with Crippen LogP contribution in [0, 0.1) is 0 Å². The Kier molecular flexibility index (Phi) is 6.95. The van der Waals surface area contributed by atoms with Gasteiger partial charge in [0.25, 0.3) is 0 Å². The van der Waals surface area contributed by atoms with Crippen molar-refractivity contribution in [3.8, 4) is 0 Å². The number of benzene rings is 1. The Hall–Kier alpha value is -0.600. The second-order valence-electron chi connectivity index (χ2n) is 2.31. The van der Waals surface area contributed by atoms with Crippen LogP contribution in [0.2, 0.25) is 0 Å². The molecule has 2 nitrogen and oxygen atoms in total. The molecule has 0 amide bonds. The highest BCUT2D eigenvalue weighted by Gasteiger charge is 1.94. The van der Waals surface area contributed by atoms with E-state index in [1.807, 2.05) is 18.2 Å². The zero-order valence-corrected chi connectivity index (χ0v) is 8.54. The molecule has 0 spiro atoms. The molecule has 0 bridgehead atoms. The number of hydrogen-bond donors (Lipinski definition) is 2. The van der Waals surface area contributed by atoms with Gasteiger partial charge in [-0.25, -0.2) is 0 Å². The van der Waals surface area contributed by atoms with Crippen LogP contribution in [0.25, 0.3) is 0 Å². The SMILES string of the molecule is CCc1cc(N)ccc1N.Cl.Cl. The van der Waals surface area contributed by atoms with Crippen molar-refractivity contribution in [1.82, 2.24) is 0 Å². The van der Waals surface area contributed by atoms with Gasteiger partial charge in [-0.3, -0.25) is 0 Å². The molecule has 0 radical (unpaired) electrons. The summed E-state index contributed by atoms with van der Waals surface area (Å²) < 4.78 is 0. The Morgan fingerprint density at radius 3 is 2.17 bits per heavy atom. The highest BCUT2D eigenvalue weighted by atomic mass is 35.5. The molecule has 1 rings (SSSR count). The van der Waals surface area contributed by atoms with Crippen LogP contribution in [0.15, 0.2) is 18.2 Å². The molecule has 0 unspecified atom stereocenters. The van der Waals surface area contributed by atoms with Crippen molar-refractivity contribution in [3.05, 3.63) is 23.8 Å². The molecule has 0 aromatic heterocycles. The minimum atomic E-state index is 0. The van der Waals surface area contributed by atoms with E-state index in [0.29, 0.717) is 0 Å². The summed E-state index contributed by atoms with van der Waals surface area (Å²) in [4.78, 5) is 0. The van der Waals surface area contributed by atoms with Gasteiger partial charge in [-0.15, -0.1) is 24.8 Å². The number of nitrogens with two attached hydrogens (primary N) is 2. The lowest BCUT2D eigenvalue weighted by molar-refractivity contribution is 1.15. The largest absolute Gasteiger partial charge is 0.399 e. The maximum Gasteiger partial charge on any atom is 0.0347 e. The highest BCUT2D eigenvalue weighted by molar-refractivity contribution is 5.85. The molecule has 4 N–H and O–H groups in total. The fourth-order valence-electron chi connectivity index (χ4n) is 0.932. The van der Waals surface area contributed by atoms with E-state index in [1.165, 1.54) is 0 Å². The molecule has 0 aliphatic rings. The first-order valence-corrected chi connectivity index (χ1v) is 3.38. The van der Waals surface area contributed by atoms with Crippen molar-refractivity contribution in [2.75, 3.05) is 11.5 Å². The molecule has 0 aliphatic heterocycles. The number of nitrogen functional groups attached to an aromatic ring is 2. The van der Waals surface area contributed by atoms with Crippen molar-refractivity contribution in [2.24, 2.45) is 0 Å². The maximum atomic E-state index is 5.64. The molecule has 0 saturated heterocycles. The number of anilines is 2. The Morgan fingerprint density at radius 1 is 1.17 bits per heavy atom. The van der Waals surface area contributed by atoms with Gasteiger partial charge in [0.1, 0.15) is 0 Å². The van der Waals surface area contributed by atoms with Crippen molar-refractivity contribution >= 4 is 36.2 Å². The fourth-order valence-corrected chi connectivity index (χ4v) is 0.932. The number of halogens is 2. The summed E-state index contributed by atoms with van der Waals surface area (Å²) in [5.41, 5.74) is 13.9. The third-order valence-corrected chi connectivity index (χ3v) is 1.55. The average molecular weight is 209 g/mol. The first-order chi connectivity index (χ1) is 4.74. The van der Waals surface area contributed by atoms with Crippen molar-refractivity contribution in [2.45, 2.75) is 13.3 Å². The molecule has 0 atom stereocenters. The molecular weight excluding hydrogens is 195 g/mol. The molecule has 4 heteroatoms. The van der Waals surface area contributed by atoms with Crippen LogP contribution in [-0.2, 0) is 6.42 Å². The van der Waals surface area contributed by atoms with Crippen LogP contribution < -0.4 is 11.5 Å². The predicted molar refractivity (Wildman–Crippen MR) is 59.1 cm³/mol. The normalized spacial score (nSPS) is 8.08. The van der Waals surface area contributed by atoms with Gasteiger partial charge in [0.2, 0.25) is 0 Å². The van der Waals surface area contributed by atoms with E-state index >= 15 is 0 Å². The quantitative estimate of drug-likeness (QED) is 0.697. The van der Waals surface area contributed by atoms with Crippen molar-refractivity contribution in [1.29, 1.82) is 0 Å². The molecule has 0 saturated carbocycles. The van der Waals surface area contributed by atoms with Crippen LogP contribution in [0.3, 0.4) is 0 Å². The van der Waals surface area contributed by atoms with E-state index in [4.69, 9.17) is 11.5 Å². The van der Waals surface area contributed by atoms with Crippen LogP contribution in [0.5, 0.6) is 0 Å². The number of hydrogen-bond acceptors (Lipinski definition) is 2. The summed E-state index contributed by atoms with van der Waals surface area (Å²) in [6.45, 7) is 2.06. The summed E-state index contributed by atoms with van der Waals surface area (Å²) in [6, 6.07) is 5.57. The second kappa shape index (κ2) is 5.98. The zero-order valence-electron chi connectivity index (χ0n) is 6.91. The summed E-state index contributed by atoms with van der Waals surface area (Å²) in [5.74, 6) is 0. The lowest BCUT2D eigenvalue weighted by Gasteiger charge is -2.02. The van der Waals surface area contributed by atoms with Gasteiger partial charge < -0.3 is 11.5 Å². The molecule has 12 heavy (non-hydrogen) atoms.